The van der Waals surface area contributed by atoms with Crippen molar-refractivity contribution in [1.29, 1.82) is 0 Å². The minimum absolute atomic E-state index is 0.409. The molecule has 0 atom stereocenters. The average molecular weight is 172 g/mol. The number of aldehydes is 1. The van der Waals surface area contributed by atoms with Crippen molar-refractivity contribution in [3.05, 3.63) is 0 Å². The SMILES string of the molecule is CCCCOC(=O)C(C)(C)C=O. The number of hydrogen-bond acceptors (Lipinski definition) is 3. The summed E-state index contributed by atoms with van der Waals surface area (Å²) in [6, 6.07) is 0. The van der Waals surface area contributed by atoms with Crippen LogP contribution >= 0.6 is 0 Å². The van der Waals surface area contributed by atoms with E-state index in [4.69, 9.17) is 4.74 Å². The van der Waals surface area contributed by atoms with Gasteiger partial charge in [0.15, 0.2) is 0 Å². The molecule has 0 unspecified atom stereocenters. The van der Waals surface area contributed by atoms with E-state index in [1.165, 1.54) is 0 Å². The summed E-state index contributed by atoms with van der Waals surface area (Å²) in [5, 5.41) is 0. The fourth-order valence-corrected chi connectivity index (χ4v) is 0.543. The van der Waals surface area contributed by atoms with Crippen LogP contribution in [0.3, 0.4) is 0 Å². The molecule has 3 heteroatoms. The van der Waals surface area contributed by atoms with Crippen LogP contribution in [0.4, 0.5) is 0 Å². The predicted octanol–water partition coefficient (Wildman–Crippen LogP) is 1.55. The highest BCUT2D eigenvalue weighted by Crippen LogP contribution is 2.13. The summed E-state index contributed by atoms with van der Waals surface area (Å²) in [6.45, 7) is 5.52. The number of hydrogen-bond donors (Lipinski definition) is 0. The lowest BCUT2D eigenvalue weighted by atomic mass is 9.96. The summed E-state index contributed by atoms with van der Waals surface area (Å²) in [7, 11) is 0. The highest BCUT2D eigenvalue weighted by atomic mass is 16.5. The van der Waals surface area contributed by atoms with Crippen molar-refractivity contribution >= 4 is 12.3 Å². The summed E-state index contributed by atoms with van der Waals surface area (Å²) in [5.74, 6) is -0.439. The van der Waals surface area contributed by atoms with Crippen molar-refractivity contribution < 1.29 is 14.3 Å². The molecule has 0 aromatic rings. The molecule has 0 aromatic carbocycles. The molecule has 70 valence electrons. The second kappa shape index (κ2) is 4.91. The quantitative estimate of drug-likeness (QED) is 0.273. The van der Waals surface area contributed by atoms with Crippen LogP contribution in [-0.2, 0) is 14.3 Å². The zero-order valence-electron chi connectivity index (χ0n) is 7.92. The lowest BCUT2D eigenvalue weighted by Crippen LogP contribution is -2.28. The van der Waals surface area contributed by atoms with Crippen LogP contribution in [0.1, 0.15) is 33.6 Å². The van der Waals surface area contributed by atoms with Gasteiger partial charge in [-0.1, -0.05) is 13.3 Å². The summed E-state index contributed by atoms with van der Waals surface area (Å²) in [5.41, 5.74) is -0.992. The molecular formula is C9H16O3. The van der Waals surface area contributed by atoms with Gasteiger partial charge in [-0.15, -0.1) is 0 Å². The van der Waals surface area contributed by atoms with Crippen LogP contribution < -0.4 is 0 Å². The zero-order chi connectivity index (χ0) is 9.61. The van der Waals surface area contributed by atoms with Gasteiger partial charge in [-0.05, 0) is 20.3 Å². The number of ether oxygens (including phenoxy) is 1. The molecule has 3 nitrogen and oxygen atoms in total. The molecule has 0 rings (SSSR count). The Labute approximate surface area is 73.1 Å². The molecular weight excluding hydrogens is 156 g/mol. The Hall–Kier alpha value is -0.860. The van der Waals surface area contributed by atoms with E-state index in [1.54, 1.807) is 13.8 Å². The van der Waals surface area contributed by atoms with Gasteiger partial charge in [0.1, 0.15) is 11.7 Å². The molecule has 0 radical (unpaired) electrons. The van der Waals surface area contributed by atoms with Gasteiger partial charge < -0.3 is 9.53 Å². The maximum Gasteiger partial charge on any atom is 0.318 e. The molecule has 0 aromatic heterocycles. The Bertz CT molecular complexity index is 161. The number of esters is 1. The molecule has 0 saturated heterocycles. The van der Waals surface area contributed by atoms with Crippen LogP contribution in [0, 0.1) is 5.41 Å². The van der Waals surface area contributed by atoms with Gasteiger partial charge in [-0.3, -0.25) is 4.79 Å². The highest BCUT2D eigenvalue weighted by Gasteiger charge is 2.28. The number of unbranched alkanes of at least 4 members (excludes halogenated alkanes) is 1. The maximum atomic E-state index is 11.1. The second-order valence-electron chi connectivity index (χ2n) is 3.33. The first-order valence-electron chi connectivity index (χ1n) is 4.18. The Balaban J connectivity index is 3.79. The summed E-state index contributed by atoms with van der Waals surface area (Å²) in [6.07, 6.45) is 2.44. The van der Waals surface area contributed by atoms with Crippen LogP contribution in [0.15, 0.2) is 0 Å². The van der Waals surface area contributed by atoms with E-state index in [9.17, 15) is 9.59 Å². The summed E-state index contributed by atoms with van der Waals surface area (Å²) < 4.78 is 4.87. The van der Waals surface area contributed by atoms with E-state index in [0.29, 0.717) is 12.9 Å². The van der Waals surface area contributed by atoms with Crippen molar-refractivity contribution in [2.45, 2.75) is 33.6 Å². The van der Waals surface area contributed by atoms with Crippen molar-refractivity contribution in [2.75, 3.05) is 6.61 Å². The van der Waals surface area contributed by atoms with Crippen molar-refractivity contribution in [3.8, 4) is 0 Å². The van der Waals surface area contributed by atoms with E-state index in [0.717, 1.165) is 12.8 Å². The highest BCUT2D eigenvalue weighted by molar-refractivity contribution is 5.91. The molecule has 0 amide bonds. The maximum absolute atomic E-state index is 11.1. The number of carbonyl (C=O) groups excluding carboxylic acids is 2. The third-order valence-electron chi connectivity index (χ3n) is 1.55. The van der Waals surface area contributed by atoms with E-state index in [2.05, 4.69) is 0 Å². The smallest absolute Gasteiger partial charge is 0.318 e. The molecule has 0 fully saturated rings. The van der Waals surface area contributed by atoms with E-state index in [-0.39, 0.29) is 0 Å². The lowest BCUT2D eigenvalue weighted by Gasteiger charge is -2.14. The van der Waals surface area contributed by atoms with Gasteiger partial charge in [0.2, 0.25) is 0 Å². The molecule has 0 heterocycles. The van der Waals surface area contributed by atoms with Gasteiger partial charge in [-0.2, -0.15) is 0 Å². The fraction of sp³-hybridized carbons (Fsp3) is 0.778. The molecule has 0 aliphatic carbocycles. The first-order valence-corrected chi connectivity index (χ1v) is 4.18. The fourth-order valence-electron chi connectivity index (χ4n) is 0.543. The first-order chi connectivity index (χ1) is 5.54. The molecule has 0 N–H and O–H groups in total. The van der Waals surface area contributed by atoms with Crippen LogP contribution in [0.25, 0.3) is 0 Å². The monoisotopic (exact) mass is 172 g/mol. The molecule has 0 aliphatic heterocycles. The number of carbonyl (C=O) groups is 2. The third kappa shape index (κ3) is 3.51. The Kier molecular flexibility index (Phi) is 4.55. The van der Waals surface area contributed by atoms with Crippen molar-refractivity contribution in [2.24, 2.45) is 5.41 Å². The Morgan fingerprint density at radius 1 is 1.50 bits per heavy atom. The van der Waals surface area contributed by atoms with Gasteiger partial charge in [-0.25, -0.2) is 0 Å². The van der Waals surface area contributed by atoms with Crippen molar-refractivity contribution in [1.82, 2.24) is 0 Å². The van der Waals surface area contributed by atoms with Gasteiger partial charge in [0.05, 0.1) is 6.61 Å². The largest absolute Gasteiger partial charge is 0.465 e. The zero-order valence-corrected chi connectivity index (χ0v) is 7.92. The standard InChI is InChI=1S/C9H16O3/c1-4-5-6-12-8(11)9(2,3)7-10/h7H,4-6H2,1-3H3. The topological polar surface area (TPSA) is 43.4 Å². The normalized spacial score (nSPS) is 10.9. The van der Waals surface area contributed by atoms with Gasteiger partial charge >= 0.3 is 5.97 Å². The predicted molar refractivity (Wildman–Crippen MR) is 45.7 cm³/mol. The lowest BCUT2D eigenvalue weighted by molar-refractivity contribution is -0.155. The second-order valence-corrected chi connectivity index (χ2v) is 3.33. The van der Waals surface area contributed by atoms with Crippen LogP contribution in [0.5, 0.6) is 0 Å². The summed E-state index contributed by atoms with van der Waals surface area (Å²) in [4.78, 5) is 21.5. The average Bonchev–Trinajstić information content (AvgIpc) is 2.05. The molecule has 12 heavy (non-hydrogen) atoms. The molecule has 0 bridgehead atoms. The third-order valence-corrected chi connectivity index (χ3v) is 1.55. The molecule has 0 aliphatic rings. The van der Waals surface area contributed by atoms with Crippen LogP contribution in [-0.4, -0.2) is 18.9 Å². The minimum Gasteiger partial charge on any atom is -0.465 e. The van der Waals surface area contributed by atoms with Crippen LogP contribution in [0.2, 0.25) is 0 Å². The van der Waals surface area contributed by atoms with Gasteiger partial charge in [0.25, 0.3) is 0 Å². The summed E-state index contributed by atoms with van der Waals surface area (Å²) >= 11 is 0. The van der Waals surface area contributed by atoms with E-state index >= 15 is 0 Å². The van der Waals surface area contributed by atoms with Crippen molar-refractivity contribution in [3.63, 3.8) is 0 Å². The minimum atomic E-state index is -0.992. The van der Waals surface area contributed by atoms with Gasteiger partial charge in [0, 0.05) is 0 Å². The Morgan fingerprint density at radius 2 is 2.08 bits per heavy atom. The Morgan fingerprint density at radius 3 is 2.50 bits per heavy atom. The molecule has 0 spiro atoms. The first kappa shape index (κ1) is 11.1. The van der Waals surface area contributed by atoms with E-state index < -0.39 is 11.4 Å². The van der Waals surface area contributed by atoms with E-state index in [1.807, 2.05) is 6.92 Å². The molecule has 0 saturated carbocycles. The number of rotatable bonds is 5.